The monoisotopic (exact) mass is 315 g/mol. The van der Waals surface area contributed by atoms with Crippen LogP contribution in [-0.4, -0.2) is 25.2 Å². The Morgan fingerprint density at radius 2 is 2.00 bits per heavy atom. The summed E-state index contributed by atoms with van der Waals surface area (Å²) >= 11 is 0. The molecule has 0 bridgehead atoms. The van der Waals surface area contributed by atoms with Gasteiger partial charge in [-0.05, 0) is 25.0 Å². The van der Waals surface area contributed by atoms with E-state index in [-0.39, 0.29) is 17.4 Å². The lowest BCUT2D eigenvalue weighted by molar-refractivity contribution is -0.138. The van der Waals surface area contributed by atoms with Crippen LogP contribution in [0, 0.1) is 5.92 Å². The quantitative estimate of drug-likeness (QED) is 0.925. The Kier molecular flexibility index (Phi) is 5.11. The first-order valence-electron chi connectivity index (χ1n) is 7.35. The second-order valence-corrected chi connectivity index (χ2v) is 5.73. The van der Waals surface area contributed by atoms with Crippen LogP contribution in [0.4, 0.5) is 13.2 Å². The summed E-state index contributed by atoms with van der Waals surface area (Å²) in [6.07, 6.45) is -3.74. The maximum Gasteiger partial charge on any atom is 0.416 e. The normalized spacial score (nSPS) is 21.4. The van der Waals surface area contributed by atoms with Crippen LogP contribution in [0.2, 0.25) is 0 Å². The molecule has 0 aliphatic carbocycles. The van der Waals surface area contributed by atoms with Crippen LogP contribution in [-0.2, 0) is 15.7 Å². The minimum atomic E-state index is -4.39. The van der Waals surface area contributed by atoms with Crippen LogP contribution < -0.4 is 5.32 Å². The molecular weight excluding hydrogens is 295 g/mol. The molecule has 1 aromatic rings. The third-order valence-electron chi connectivity index (χ3n) is 4.18. The fraction of sp³-hybridized carbons (Fsp3) is 0.562. The van der Waals surface area contributed by atoms with Gasteiger partial charge in [0.15, 0.2) is 0 Å². The van der Waals surface area contributed by atoms with Gasteiger partial charge in [0.05, 0.1) is 18.1 Å². The molecule has 0 unspecified atom stereocenters. The molecule has 1 N–H and O–H groups in total. The van der Waals surface area contributed by atoms with Crippen LogP contribution in [0.3, 0.4) is 0 Å². The summed E-state index contributed by atoms with van der Waals surface area (Å²) in [5.41, 5.74) is -0.446. The number of benzene rings is 1. The van der Waals surface area contributed by atoms with E-state index in [0.29, 0.717) is 19.6 Å². The topological polar surface area (TPSA) is 38.3 Å². The number of nitrogens with one attached hydrogen (secondary N) is 1. The van der Waals surface area contributed by atoms with E-state index >= 15 is 0 Å². The van der Waals surface area contributed by atoms with E-state index in [1.54, 1.807) is 19.9 Å². The molecule has 122 valence electrons. The molecule has 3 atom stereocenters. The van der Waals surface area contributed by atoms with Crippen molar-refractivity contribution in [3.63, 3.8) is 0 Å². The van der Waals surface area contributed by atoms with Crippen molar-refractivity contribution in [2.45, 2.75) is 38.4 Å². The minimum Gasteiger partial charge on any atom is -0.381 e. The number of carbonyl (C=O) groups is 1. The molecule has 0 saturated carbocycles. The van der Waals surface area contributed by atoms with Gasteiger partial charge in [-0.3, -0.25) is 4.79 Å². The van der Waals surface area contributed by atoms with Gasteiger partial charge in [0.25, 0.3) is 0 Å². The molecule has 0 aromatic heterocycles. The van der Waals surface area contributed by atoms with Crippen LogP contribution in [0.5, 0.6) is 0 Å². The van der Waals surface area contributed by atoms with Gasteiger partial charge >= 0.3 is 6.18 Å². The van der Waals surface area contributed by atoms with Crippen LogP contribution >= 0.6 is 0 Å². The lowest BCUT2D eigenvalue weighted by Gasteiger charge is -2.25. The third-order valence-corrected chi connectivity index (χ3v) is 4.18. The Hall–Kier alpha value is -1.56. The first kappa shape index (κ1) is 16.8. The largest absolute Gasteiger partial charge is 0.416 e. The van der Waals surface area contributed by atoms with E-state index in [2.05, 4.69) is 5.32 Å². The van der Waals surface area contributed by atoms with E-state index < -0.39 is 23.7 Å². The summed E-state index contributed by atoms with van der Waals surface area (Å²) in [5, 5.41) is 2.81. The van der Waals surface area contributed by atoms with Gasteiger partial charge in [0, 0.05) is 18.6 Å². The number of carbonyl (C=O) groups excluding carboxylic acids is 1. The van der Waals surface area contributed by atoms with Gasteiger partial charge in [-0.1, -0.05) is 25.1 Å². The zero-order chi connectivity index (χ0) is 16.3. The number of halogens is 3. The fourth-order valence-corrected chi connectivity index (χ4v) is 2.63. The van der Waals surface area contributed by atoms with Gasteiger partial charge in [0.2, 0.25) is 5.91 Å². The fourth-order valence-electron chi connectivity index (χ4n) is 2.63. The van der Waals surface area contributed by atoms with Crippen molar-refractivity contribution in [1.82, 2.24) is 5.32 Å². The Labute approximate surface area is 127 Å². The molecule has 6 heteroatoms. The number of ether oxygens (including phenoxy) is 1. The van der Waals surface area contributed by atoms with Crippen molar-refractivity contribution >= 4 is 5.91 Å². The molecule has 3 nitrogen and oxygen atoms in total. The van der Waals surface area contributed by atoms with Crippen LogP contribution in [0.25, 0.3) is 0 Å². The van der Waals surface area contributed by atoms with Crippen LogP contribution in [0.1, 0.15) is 37.3 Å². The van der Waals surface area contributed by atoms with Crippen molar-refractivity contribution < 1.29 is 22.7 Å². The zero-order valence-electron chi connectivity index (χ0n) is 12.6. The number of hydrogen-bond acceptors (Lipinski definition) is 2. The predicted octanol–water partition coefficient (Wildman–Crippen LogP) is 3.35. The molecule has 1 aliphatic heterocycles. The summed E-state index contributed by atoms with van der Waals surface area (Å²) in [6.45, 7) is 4.36. The highest BCUT2D eigenvalue weighted by atomic mass is 19.4. The maximum atomic E-state index is 13.1. The molecule has 1 saturated heterocycles. The van der Waals surface area contributed by atoms with Gasteiger partial charge < -0.3 is 10.1 Å². The average molecular weight is 315 g/mol. The second kappa shape index (κ2) is 6.69. The van der Waals surface area contributed by atoms with Crippen molar-refractivity contribution in [2.24, 2.45) is 5.92 Å². The van der Waals surface area contributed by atoms with Gasteiger partial charge in [-0.2, -0.15) is 13.2 Å². The first-order valence-corrected chi connectivity index (χ1v) is 7.35. The molecule has 1 aliphatic rings. The summed E-state index contributed by atoms with van der Waals surface area (Å²) in [7, 11) is 0. The van der Waals surface area contributed by atoms with Crippen molar-refractivity contribution in [3.05, 3.63) is 35.4 Å². The summed E-state index contributed by atoms with van der Waals surface area (Å²) < 4.78 is 44.4. The average Bonchev–Trinajstić information content (AvgIpc) is 2.99. The molecule has 2 rings (SSSR count). The summed E-state index contributed by atoms with van der Waals surface area (Å²) in [6, 6.07) is 5.11. The van der Waals surface area contributed by atoms with Gasteiger partial charge in [0.1, 0.15) is 0 Å². The Bertz CT molecular complexity index is 524. The molecule has 1 aromatic carbocycles. The van der Waals surface area contributed by atoms with Crippen molar-refractivity contribution in [1.29, 1.82) is 0 Å². The van der Waals surface area contributed by atoms with Crippen LogP contribution in [0.15, 0.2) is 24.3 Å². The first-order chi connectivity index (χ1) is 10.3. The lowest BCUT2D eigenvalue weighted by Crippen LogP contribution is -2.40. The molecule has 1 amide bonds. The second-order valence-electron chi connectivity index (χ2n) is 5.73. The smallest absolute Gasteiger partial charge is 0.381 e. The standard InChI is InChI=1S/C16H20F3NO2/c1-10(11(2)20-15(21)12-7-8-22-9-12)13-5-3-4-6-14(13)16(17,18)19/h3-6,10-12H,7-9H2,1-2H3,(H,20,21)/t10-,11-,12+/m0/s1. The zero-order valence-corrected chi connectivity index (χ0v) is 12.6. The predicted molar refractivity (Wildman–Crippen MR) is 76.4 cm³/mol. The van der Waals surface area contributed by atoms with E-state index in [1.165, 1.54) is 12.1 Å². The van der Waals surface area contributed by atoms with Crippen molar-refractivity contribution in [3.8, 4) is 0 Å². The molecule has 0 radical (unpaired) electrons. The Balaban J connectivity index is 2.10. The SMILES string of the molecule is C[C@H](NC(=O)[C@@H]1CCOC1)[C@H](C)c1ccccc1C(F)(F)F. The van der Waals surface area contributed by atoms with Gasteiger partial charge in [-0.15, -0.1) is 0 Å². The highest BCUT2D eigenvalue weighted by Crippen LogP contribution is 2.36. The molecule has 1 heterocycles. The van der Waals surface area contributed by atoms with Crippen molar-refractivity contribution in [2.75, 3.05) is 13.2 Å². The summed E-state index contributed by atoms with van der Waals surface area (Å²) in [4.78, 5) is 12.1. The maximum absolute atomic E-state index is 13.1. The molecule has 0 spiro atoms. The molecular formula is C16H20F3NO2. The third kappa shape index (κ3) is 3.80. The number of amides is 1. The van der Waals surface area contributed by atoms with E-state index in [1.807, 2.05) is 0 Å². The Morgan fingerprint density at radius 3 is 2.59 bits per heavy atom. The van der Waals surface area contributed by atoms with Gasteiger partial charge in [-0.25, -0.2) is 0 Å². The number of rotatable bonds is 4. The molecule has 1 fully saturated rings. The number of alkyl halides is 3. The van der Waals surface area contributed by atoms with E-state index in [0.717, 1.165) is 6.07 Å². The molecule has 22 heavy (non-hydrogen) atoms. The minimum absolute atomic E-state index is 0.152. The highest BCUT2D eigenvalue weighted by molar-refractivity contribution is 5.79. The number of hydrogen-bond donors (Lipinski definition) is 1. The van der Waals surface area contributed by atoms with E-state index in [9.17, 15) is 18.0 Å². The summed E-state index contributed by atoms with van der Waals surface area (Å²) in [5.74, 6) is -0.794. The Morgan fingerprint density at radius 1 is 1.32 bits per heavy atom. The highest BCUT2D eigenvalue weighted by Gasteiger charge is 2.35. The lowest BCUT2D eigenvalue weighted by atomic mass is 9.90. The van der Waals surface area contributed by atoms with E-state index in [4.69, 9.17) is 4.74 Å².